The van der Waals surface area contributed by atoms with Gasteiger partial charge in [0.1, 0.15) is 5.75 Å². The molecule has 3 aromatic rings. The molecule has 4 heteroatoms. The molecule has 0 spiro atoms. The van der Waals surface area contributed by atoms with Crippen molar-refractivity contribution in [3.8, 4) is 5.75 Å². The molecule has 4 nitrogen and oxygen atoms in total. The lowest BCUT2D eigenvalue weighted by molar-refractivity contribution is -0.115. The topological polar surface area (TPSA) is 54.1 Å². The summed E-state index contributed by atoms with van der Waals surface area (Å²) in [5.74, 6) is 0.752. The van der Waals surface area contributed by atoms with Crippen molar-refractivity contribution in [3.63, 3.8) is 0 Å². The number of benzene rings is 2. The average molecular weight is 280 g/mol. The molecule has 0 bridgehead atoms. The fourth-order valence-electron chi connectivity index (χ4n) is 2.26. The largest absolute Gasteiger partial charge is 0.497 e. The summed E-state index contributed by atoms with van der Waals surface area (Å²) >= 11 is 0. The number of H-pyrrole nitrogens is 1. The predicted octanol–water partition coefficient (Wildman–Crippen LogP) is 3.36. The Balaban J connectivity index is 1.67. The van der Waals surface area contributed by atoms with Gasteiger partial charge in [0.2, 0.25) is 5.91 Å². The van der Waals surface area contributed by atoms with Gasteiger partial charge in [-0.2, -0.15) is 0 Å². The van der Waals surface area contributed by atoms with Gasteiger partial charge < -0.3 is 15.0 Å². The maximum atomic E-state index is 12.1. The highest BCUT2D eigenvalue weighted by atomic mass is 16.5. The van der Waals surface area contributed by atoms with Gasteiger partial charge >= 0.3 is 0 Å². The van der Waals surface area contributed by atoms with Crippen molar-refractivity contribution in [2.45, 2.75) is 6.42 Å². The van der Waals surface area contributed by atoms with Crippen molar-refractivity contribution >= 4 is 22.5 Å². The fourth-order valence-corrected chi connectivity index (χ4v) is 2.26. The Hall–Kier alpha value is -2.75. The van der Waals surface area contributed by atoms with Crippen LogP contribution >= 0.6 is 0 Å². The number of methoxy groups -OCH3 is 1. The van der Waals surface area contributed by atoms with Gasteiger partial charge in [0.15, 0.2) is 0 Å². The molecule has 2 aromatic carbocycles. The van der Waals surface area contributed by atoms with E-state index in [0.717, 1.165) is 27.9 Å². The van der Waals surface area contributed by atoms with Crippen LogP contribution in [0.2, 0.25) is 0 Å². The van der Waals surface area contributed by atoms with Crippen LogP contribution in [0.1, 0.15) is 5.56 Å². The molecule has 0 aliphatic heterocycles. The molecule has 3 rings (SSSR count). The molecule has 0 saturated heterocycles. The molecular formula is C17H16N2O2. The summed E-state index contributed by atoms with van der Waals surface area (Å²) in [6.07, 6.45) is 2.22. The van der Waals surface area contributed by atoms with Crippen LogP contribution in [0.25, 0.3) is 10.9 Å². The number of fused-ring (bicyclic) bond motifs is 1. The third-order valence-electron chi connectivity index (χ3n) is 3.36. The van der Waals surface area contributed by atoms with Crippen LogP contribution in [-0.2, 0) is 11.2 Å². The number of nitrogens with one attached hydrogen (secondary N) is 2. The lowest BCUT2D eigenvalue weighted by atomic mass is 10.1. The zero-order valence-corrected chi connectivity index (χ0v) is 11.7. The first-order valence-electron chi connectivity index (χ1n) is 6.74. The zero-order valence-electron chi connectivity index (χ0n) is 11.7. The first-order chi connectivity index (χ1) is 10.2. The lowest BCUT2D eigenvalue weighted by Gasteiger charge is -2.06. The minimum absolute atomic E-state index is 0.0360. The second kappa shape index (κ2) is 5.71. The van der Waals surface area contributed by atoms with E-state index in [0.29, 0.717) is 6.42 Å². The Labute approximate surface area is 122 Å². The molecule has 0 radical (unpaired) electrons. The van der Waals surface area contributed by atoms with Gasteiger partial charge in [-0.15, -0.1) is 0 Å². The van der Waals surface area contributed by atoms with E-state index in [-0.39, 0.29) is 5.91 Å². The van der Waals surface area contributed by atoms with E-state index in [1.165, 1.54) is 0 Å². The Kier molecular flexibility index (Phi) is 3.60. The molecule has 0 atom stereocenters. The molecule has 0 fully saturated rings. The summed E-state index contributed by atoms with van der Waals surface area (Å²) in [5.41, 5.74) is 2.76. The van der Waals surface area contributed by atoms with E-state index in [1.807, 2.05) is 54.7 Å². The standard InChI is InChI=1S/C17H16N2O2/c1-21-15-6-2-12(3-7-15)10-17(20)19-14-5-4-13-8-9-18-16(13)11-14/h2-9,11,18H,10H2,1H3,(H,19,20). The maximum absolute atomic E-state index is 12.1. The molecule has 0 aliphatic carbocycles. The third kappa shape index (κ3) is 3.05. The minimum Gasteiger partial charge on any atom is -0.497 e. The molecular weight excluding hydrogens is 264 g/mol. The lowest BCUT2D eigenvalue weighted by Crippen LogP contribution is -2.14. The van der Waals surface area contributed by atoms with Gasteiger partial charge in [-0.05, 0) is 41.3 Å². The number of aromatic nitrogens is 1. The number of amides is 1. The van der Waals surface area contributed by atoms with E-state index < -0.39 is 0 Å². The Bertz CT molecular complexity index is 760. The summed E-state index contributed by atoms with van der Waals surface area (Å²) in [5, 5.41) is 4.04. The number of carbonyl (C=O) groups is 1. The van der Waals surface area contributed by atoms with Gasteiger partial charge in [0, 0.05) is 17.4 Å². The number of anilines is 1. The summed E-state index contributed by atoms with van der Waals surface area (Å²) in [6.45, 7) is 0. The van der Waals surface area contributed by atoms with E-state index in [1.54, 1.807) is 7.11 Å². The summed E-state index contributed by atoms with van der Waals surface area (Å²) in [6, 6.07) is 15.3. The third-order valence-corrected chi connectivity index (χ3v) is 3.36. The summed E-state index contributed by atoms with van der Waals surface area (Å²) in [4.78, 5) is 15.2. The number of aromatic amines is 1. The highest BCUT2D eigenvalue weighted by Crippen LogP contribution is 2.18. The molecule has 1 amide bonds. The van der Waals surface area contributed by atoms with Crippen molar-refractivity contribution in [3.05, 3.63) is 60.3 Å². The Morgan fingerprint density at radius 1 is 1.14 bits per heavy atom. The van der Waals surface area contributed by atoms with Crippen LogP contribution in [0.4, 0.5) is 5.69 Å². The maximum Gasteiger partial charge on any atom is 0.228 e. The number of hydrogen-bond donors (Lipinski definition) is 2. The first kappa shape index (κ1) is 13.2. The predicted molar refractivity (Wildman–Crippen MR) is 83.6 cm³/mol. The molecule has 106 valence electrons. The van der Waals surface area contributed by atoms with Crippen LogP contribution in [0, 0.1) is 0 Å². The van der Waals surface area contributed by atoms with E-state index in [2.05, 4.69) is 10.3 Å². The van der Waals surface area contributed by atoms with Crippen LogP contribution in [-0.4, -0.2) is 18.0 Å². The normalized spacial score (nSPS) is 10.5. The molecule has 0 aliphatic rings. The molecule has 1 aromatic heterocycles. The SMILES string of the molecule is COc1ccc(CC(=O)Nc2ccc3cc[nH]c3c2)cc1. The van der Waals surface area contributed by atoms with Crippen molar-refractivity contribution in [1.82, 2.24) is 4.98 Å². The fraction of sp³-hybridized carbons (Fsp3) is 0.118. The molecule has 0 unspecified atom stereocenters. The summed E-state index contributed by atoms with van der Waals surface area (Å²) < 4.78 is 5.10. The molecule has 2 N–H and O–H groups in total. The second-order valence-electron chi connectivity index (χ2n) is 4.85. The smallest absolute Gasteiger partial charge is 0.228 e. The van der Waals surface area contributed by atoms with Gasteiger partial charge in [0.05, 0.1) is 13.5 Å². The number of carbonyl (C=O) groups excluding carboxylic acids is 1. The van der Waals surface area contributed by atoms with Gasteiger partial charge in [-0.3, -0.25) is 4.79 Å². The minimum atomic E-state index is -0.0360. The average Bonchev–Trinajstić information content (AvgIpc) is 2.95. The quantitative estimate of drug-likeness (QED) is 0.770. The van der Waals surface area contributed by atoms with Crippen LogP contribution in [0.5, 0.6) is 5.75 Å². The number of hydrogen-bond acceptors (Lipinski definition) is 2. The van der Waals surface area contributed by atoms with Gasteiger partial charge in [-0.1, -0.05) is 18.2 Å². The second-order valence-corrected chi connectivity index (χ2v) is 4.85. The van der Waals surface area contributed by atoms with E-state index in [4.69, 9.17) is 4.74 Å². The monoisotopic (exact) mass is 280 g/mol. The van der Waals surface area contributed by atoms with E-state index in [9.17, 15) is 4.79 Å². The molecule has 21 heavy (non-hydrogen) atoms. The molecule has 0 saturated carbocycles. The van der Waals surface area contributed by atoms with Crippen molar-refractivity contribution in [1.29, 1.82) is 0 Å². The molecule has 1 heterocycles. The van der Waals surface area contributed by atoms with Crippen LogP contribution < -0.4 is 10.1 Å². The van der Waals surface area contributed by atoms with Gasteiger partial charge in [0.25, 0.3) is 0 Å². The highest BCUT2D eigenvalue weighted by Gasteiger charge is 2.05. The summed E-state index contributed by atoms with van der Waals surface area (Å²) in [7, 11) is 1.62. The Morgan fingerprint density at radius 2 is 1.95 bits per heavy atom. The number of ether oxygens (including phenoxy) is 1. The Morgan fingerprint density at radius 3 is 2.71 bits per heavy atom. The van der Waals surface area contributed by atoms with Crippen LogP contribution in [0.3, 0.4) is 0 Å². The van der Waals surface area contributed by atoms with Crippen molar-refractivity contribution < 1.29 is 9.53 Å². The van der Waals surface area contributed by atoms with Gasteiger partial charge in [-0.25, -0.2) is 0 Å². The highest BCUT2D eigenvalue weighted by molar-refractivity contribution is 5.94. The van der Waals surface area contributed by atoms with Crippen molar-refractivity contribution in [2.75, 3.05) is 12.4 Å². The van der Waals surface area contributed by atoms with Crippen molar-refractivity contribution in [2.24, 2.45) is 0 Å². The number of rotatable bonds is 4. The first-order valence-corrected chi connectivity index (χ1v) is 6.74. The van der Waals surface area contributed by atoms with Crippen LogP contribution in [0.15, 0.2) is 54.7 Å². The zero-order chi connectivity index (χ0) is 14.7. The van der Waals surface area contributed by atoms with E-state index >= 15 is 0 Å².